The normalized spacial score (nSPS) is 17.7. The van der Waals surface area contributed by atoms with Crippen molar-refractivity contribution in [2.75, 3.05) is 0 Å². The van der Waals surface area contributed by atoms with E-state index < -0.39 is 20.3 Å². The molecule has 3 aliphatic carbocycles. The van der Waals surface area contributed by atoms with Crippen molar-refractivity contribution in [1.29, 1.82) is 0 Å². The second-order valence-electron chi connectivity index (χ2n) is 12.9. The van der Waals surface area contributed by atoms with E-state index in [4.69, 9.17) is 0 Å². The molecule has 0 amide bonds. The van der Waals surface area contributed by atoms with Crippen LogP contribution in [0.15, 0.2) is 158 Å². The number of benzene rings is 6. The van der Waals surface area contributed by atoms with Gasteiger partial charge in [0.2, 0.25) is 0 Å². The molecule has 3 atom stereocenters. The molecule has 0 N–H and O–H groups in total. The molecule has 0 nitrogen and oxygen atoms in total. The second kappa shape index (κ2) is 12.7. The van der Waals surface area contributed by atoms with Gasteiger partial charge in [0.1, 0.15) is 0 Å². The average molecular weight is 725 g/mol. The topological polar surface area (TPSA) is 0 Å². The molecule has 3 heteroatoms. The van der Waals surface area contributed by atoms with E-state index in [0.717, 1.165) is 0 Å². The maximum absolute atomic E-state index is 3.51. The average Bonchev–Trinajstić information content (AvgIpc) is 3.82. The molecule has 0 spiro atoms. The minimum Gasteiger partial charge on any atom is -1.00 e. The third kappa shape index (κ3) is 4.90. The SMILES string of the molecule is [CH3][Zr+2]([c]1ccccc1)([c]1ccccc1)[CH]1c2ccccc2-c2ccc(C3C=Cc4ccccc43)c(C3C=Cc4ccccc43)c21.[Cl-].[Cl-]. The van der Waals surface area contributed by atoms with E-state index in [1.54, 1.807) is 12.1 Å². The van der Waals surface area contributed by atoms with Crippen molar-refractivity contribution >= 4 is 18.7 Å². The summed E-state index contributed by atoms with van der Waals surface area (Å²) in [7, 11) is 0. The summed E-state index contributed by atoms with van der Waals surface area (Å²) in [4.78, 5) is 0. The van der Waals surface area contributed by atoms with Crippen molar-refractivity contribution in [2.45, 2.75) is 20.1 Å². The summed E-state index contributed by atoms with van der Waals surface area (Å²) in [6.07, 6.45) is 9.61. The van der Waals surface area contributed by atoms with Crippen LogP contribution in [-0.4, -0.2) is 0 Å². The second-order valence-corrected chi connectivity index (χ2v) is 23.1. The molecule has 0 saturated carbocycles. The van der Waals surface area contributed by atoms with Crippen LogP contribution in [0.1, 0.15) is 60.0 Å². The fourth-order valence-corrected chi connectivity index (χ4v) is 19.8. The number of allylic oxidation sites excluding steroid dienone is 2. The smallest absolute Gasteiger partial charge is 1.00 e. The van der Waals surface area contributed by atoms with E-state index in [2.05, 4.69) is 175 Å². The van der Waals surface area contributed by atoms with Gasteiger partial charge in [0, 0.05) is 0 Å². The zero-order valence-electron chi connectivity index (χ0n) is 26.2. The Morgan fingerprint density at radius 1 is 0.404 bits per heavy atom. The molecule has 9 rings (SSSR count). The molecular weight excluding hydrogens is 691 g/mol. The number of hydrogen-bond acceptors (Lipinski definition) is 0. The Morgan fingerprint density at radius 3 is 1.51 bits per heavy atom. The number of fused-ring (bicyclic) bond motifs is 5. The van der Waals surface area contributed by atoms with Crippen LogP contribution >= 0.6 is 0 Å². The monoisotopic (exact) mass is 722 g/mol. The van der Waals surface area contributed by atoms with E-state index in [-0.39, 0.29) is 36.6 Å². The van der Waals surface area contributed by atoms with Crippen LogP contribution in [0, 0.1) is 0 Å². The Balaban J connectivity index is 0.00000176. The first kappa shape index (κ1) is 31.8. The van der Waals surface area contributed by atoms with Gasteiger partial charge >= 0.3 is 272 Å². The van der Waals surface area contributed by atoms with Crippen molar-refractivity contribution in [3.05, 3.63) is 202 Å². The molecule has 47 heavy (non-hydrogen) atoms. The minimum absolute atomic E-state index is 0. The van der Waals surface area contributed by atoms with Gasteiger partial charge in [-0.15, -0.1) is 0 Å². The van der Waals surface area contributed by atoms with E-state index in [9.17, 15) is 0 Å². The Hall–Kier alpha value is -3.74. The molecule has 0 fully saturated rings. The first-order chi connectivity index (χ1) is 22.2. The van der Waals surface area contributed by atoms with Crippen LogP contribution in [0.3, 0.4) is 0 Å². The quantitative estimate of drug-likeness (QED) is 0.253. The van der Waals surface area contributed by atoms with Crippen molar-refractivity contribution in [3.8, 4) is 11.1 Å². The molecule has 6 aromatic rings. The summed E-state index contributed by atoms with van der Waals surface area (Å²) >= 11 is -3.51. The predicted molar refractivity (Wildman–Crippen MR) is 186 cm³/mol. The Labute approximate surface area is 295 Å². The van der Waals surface area contributed by atoms with Gasteiger partial charge < -0.3 is 24.8 Å². The molecule has 0 aliphatic heterocycles. The van der Waals surface area contributed by atoms with E-state index >= 15 is 0 Å². The molecule has 3 unspecified atom stereocenters. The van der Waals surface area contributed by atoms with Gasteiger partial charge in [0.25, 0.3) is 0 Å². The first-order valence-corrected chi connectivity index (χ1v) is 22.5. The van der Waals surface area contributed by atoms with Gasteiger partial charge in [-0.25, -0.2) is 0 Å². The molecule has 6 aromatic carbocycles. The van der Waals surface area contributed by atoms with Crippen molar-refractivity contribution in [2.24, 2.45) is 0 Å². The van der Waals surface area contributed by atoms with Gasteiger partial charge in [-0.2, -0.15) is 0 Å². The Kier molecular flexibility index (Phi) is 8.61. The summed E-state index contributed by atoms with van der Waals surface area (Å²) in [6, 6.07) is 55.3. The minimum atomic E-state index is -3.51. The van der Waals surface area contributed by atoms with Crippen LogP contribution in [0.2, 0.25) is 4.63 Å². The molecule has 0 bridgehead atoms. The summed E-state index contributed by atoms with van der Waals surface area (Å²) < 4.78 is 6.13. The third-order valence-electron chi connectivity index (χ3n) is 10.7. The summed E-state index contributed by atoms with van der Waals surface area (Å²) in [5, 5.41) is 0. The van der Waals surface area contributed by atoms with Crippen LogP contribution in [0.5, 0.6) is 0 Å². The summed E-state index contributed by atoms with van der Waals surface area (Å²) in [6.45, 7) is 0. The van der Waals surface area contributed by atoms with Crippen LogP contribution in [-0.2, 0) is 20.3 Å². The van der Waals surface area contributed by atoms with E-state index in [1.807, 2.05) is 0 Å². The van der Waals surface area contributed by atoms with Gasteiger partial charge in [-0.3, -0.25) is 0 Å². The maximum Gasteiger partial charge on any atom is -1.00 e. The molecular formula is C44H34Cl2Zr. The predicted octanol–water partition coefficient (Wildman–Crippen LogP) is 3.93. The summed E-state index contributed by atoms with van der Waals surface area (Å²) in [5.41, 5.74) is 14.4. The van der Waals surface area contributed by atoms with Crippen molar-refractivity contribution in [1.82, 2.24) is 0 Å². The summed E-state index contributed by atoms with van der Waals surface area (Å²) in [5.74, 6) is 0.452. The van der Waals surface area contributed by atoms with E-state index in [0.29, 0.717) is 3.63 Å². The molecule has 0 saturated heterocycles. The van der Waals surface area contributed by atoms with Gasteiger partial charge in [-0.1, -0.05) is 0 Å². The maximum atomic E-state index is 2.69. The number of halogens is 2. The molecule has 0 aromatic heterocycles. The molecule has 0 heterocycles. The molecule has 0 radical (unpaired) electrons. The van der Waals surface area contributed by atoms with Crippen LogP contribution in [0.4, 0.5) is 0 Å². The van der Waals surface area contributed by atoms with Gasteiger partial charge in [0.05, 0.1) is 0 Å². The Bertz CT molecular complexity index is 2110. The van der Waals surface area contributed by atoms with Crippen LogP contribution < -0.4 is 31.4 Å². The zero-order valence-corrected chi connectivity index (χ0v) is 30.1. The molecule has 228 valence electrons. The fraction of sp³-hybridized carbons (Fsp3) is 0.0909. The third-order valence-corrected chi connectivity index (χ3v) is 22.6. The van der Waals surface area contributed by atoms with Crippen molar-refractivity contribution < 1.29 is 45.1 Å². The number of hydrogen-bond donors (Lipinski definition) is 0. The largest absolute Gasteiger partial charge is 1.00 e. The zero-order chi connectivity index (χ0) is 30.0. The fourth-order valence-electron chi connectivity index (χ4n) is 8.66. The molecule has 3 aliphatic rings. The standard InChI is InChI=1S/C31H21.2C6H5.CH3.2ClH.Zr/c1-4-10-23-20(7-1)13-15-26(23)29-18-17-27-25-12-6-3-9-22(25)19-30(27)31(29)28-16-14-21-8-2-5-11-24(21)28;2*1-2-4-6-5-3-1;;;;/h1-19,26,28H;2*1-5H;1H3;2*1H;/q;;;;;;+2/p-2. The number of rotatable bonds is 5. The first-order valence-electron chi connectivity index (χ1n) is 16.1. The van der Waals surface area contributed by atoms with Crippen LogP contribution in [0.25, 0.3) is 23.3 Å². The van der Waals surface area contributed by atoms with Gasteiger partial charge in [0.15, 0.2) is 0 Å². The van der Waals surface area contributed by atoms with Gasteiger partial charge in [-0.05, 0) is 0 Å². The van der Waals surface area contributed by atoms with E-state index in [1.165, 1.54) is 50.1 Å². The Morgan fingerprint density at radius 2 is 0.894 bits per heavy atom. The van der Waals surface area contributed by atoms with Crippen molar-refractivity contribution in [3.63, 3.8) is 0 Å².